The summed E-state index contributed by atoms with van der Waals surface area (Å²) in [6, 6.07) is 4.19. The summed E-state index contributed by atoms with van der Waals surface area (Å²) in [5, 5.41) is 4.09. The lowest BCUT2D eigenvalue weighted by molar-refractivity contribution is 0.393. The number of benzene rings is 1. The number of rotatable bonds is 4. The lowest BCUT2D eigenvalue weighted by Crippen LogP contribution is -2.19. The van der Waals surface area contributed by atoms with Crippen molar-refractivity contribution in [3.05, 3.63) is 27.2 Å². The van der Waals surface area contributed by atoms with Gasteiger partial charge in [0.25, 0.3) is 0 Å². The summed E-state index contributed by atoms with van der Waals surface area (Å²) in [5.74, 6) is 1.60. The molecule has 1 aromatic rings. The van der Waals surface area contributed by atoms with Crippen molar-refractivity contribution >= 4 is 27.5 Å². The maximum absolute atomic E-state index is 6.09. The Bertz CT molecular complexity index is 393. The molecule has 0 radical (unpaired) electrons. The molecule has 1 atom stereocenters. The summed E-state index contributed by atoms with van der Waals surface area (Å²) >= 11 is 9.58. The number of ether oxygens (including phenoxy) is 1. The molecule has 0 heterocycles. The van der Waals surface area contributed by atoms with E-state index >= 15 is 0 Å². The molecule has 16 heavy (non-hydrogen) atoms. The zero-order chi connectivity index (χ0) is 11.7. The highest BCUT2D eigenvalue weighted by Crippen LogP contribution is 2.45. The van der Waals surface area contributed by atoms with Crippen LogP contribution in [-0.4, -0.2) is 14.2 Å². The third kappa shape index (κ3) is 2.36. The zero-order valence-corrected chi connectivity index (χ0v) is 11.7. The fourth-order valence-corrected chi connectivity index (χ4v) is 3.10. The van der Waals surface area contributed by atoms with Crippen molar-refractivity contribution in [2.24, 2.45) is 5.92 Å². The maximum atomic E-state index is 6.09. The standard InChI is InChI=1S/C12H15BrClNO/c1-15-11(7-3-4-7)9-5-8(14)6-10(13)12(9)16-2/h5-7,11,15H,3-4H2,1-2H3. The van der Waals surface area contributed by atoms with E-state index in [0.717, 1.165) is 20.8 Å². The van der Waals surface area contributed by atoms with Crippen LogP contribution in [0.15, 0.2) is 16.6 Å². The highest BCUT2D eigenvalue weighted by Gasteiger charge is 2.33. The third-order valence-corrected chi connectivity index (χ3v) is 3.79. The van der Waals surface area contributed by atoms with E-state index in [1.54, 1.807) is 7.11 Å². The van der Waals surface area contributed by atoms with Gasteiger partial charge >= 0.3 is 0 Å². The average Bonchev–Trinajstić information content (AvgIpc) is 3.02. The molecule has 1 unspecified atom stereocenters. The number of hydrogen-bond acceptors (Lipinski definition) is 2. The molecule has 2 rings (SSSR count). The Kier molecular flexibility index (Phi) is 3.77. The molecule has 1 N–H and O–H groups in total. The molecule has 1 aromatic carbocycles. The zero-order valence-electron chi connectivity index (χ0n) is 9.39. The molecule has 1 aliphatic rings. The van der Waals surface area contributed by atoms with Crippen LogP contribution in [0.4, 0.5) is 0 Å². The van der Waals surface area contributed by atoms with E-state index in [9.17, 15) is 0 Å². The van der Waals surface area contributed by atoms with Crippen molar-refractivity contribution in [2.75, 3.05) is 14.2 Å². The summed E-state index contributed by atoms with van der Waals surface area (Å²) in [5.41, 5.74) is 1.15. The minimum absolute atomic E-state index is 0.338. The quantitative estimate of drug-likeness (QED) is 0.914. The van der Waals surface area contributed by atoms with Crippen LogP contribution in [0.25, 0.3) is 0 Å². The second kappa shape index (κ2) is 4.94. The van der Waals surface area contributed by atoms with E-state index in [-0.39, 0.29) is 0 Å². The smallest absolute Gasteiger partial charge is 0.137 e. The Hall–Kier alpha value is -0.250. The third-order valence-electron chi connectivity index (χ3n) is 2.98. The van der Waals surface area contributed by atoms with Gasteiger partial charge in [-0.3, -0.25) is 0 Å². The summed E-state index contributed by atoms with van der Waals surface area (Å²) < 4.78 is 6.36. The van der Waals surface area contributed by atoms with Crippen molar-refractivity contribution < 1.29 is 4.74 Å². The van der Waals surface area contributed by atoms with Gasteiger partial charge in [-0.2, -0.15) is 0 Å². The van der Waals surface area contributed by atoms with Gasteiger partial charge in [0, 0.05) is 16.6 Å². The predicted molar refractivity (Wildman–Crippen MR) is 70.2 cm³/mol. The Morgan fingerprint density at radius 2 is 2.19 bits per heavy atom. The highest BCUT2D eigenvalue weighted by atomic mass is 79.9. The molecular formula is C12H15BrClNO. The molecule has 4 heteroatoms. The van der Waals surface area contributed by atoms with Crippen LogP contribution in [0.2, 0.25) is 5.02 Å². The van der Waals surface area contributed by atoms with Crippen LogP contribution >= 0.6 is 27.5 Å². The molecule has 0 amide bonds. The van der Waals surface area contributed by atoms with Crippen LogP contribution in [-0.2, 0) is 0 Å². The summed E-state index contributed by atoms with van der Waals surface area (Å²) in [4.78, 5) is 0. The van der Waals surface area contributed by atoms with Gasteiger partial charge in [-0.15, -0.1) is 0 Å². The van der Waals surface area contributed by atoms with Gasteiger partial charge in [-0.05, 0) is 53.9 Å². The fourth-order valence-electron chi connectivity index (χ4n) is 2.10. The van der Waals surface area contributed by atoms with Crippen molar-refractivity contribution in [3.8, 4) is 5.75 Å². The number of hydrogen-bond donors (Lipinski definition) is 1. The van der Waals surface area contributed by atoms with E-state index in [1.807, 2.05) is 19.2 Å². The Labute approximate surface area is 109 Å². The topological polar surface area (TPSA) is 21.3 Å². The molecular weight excluding hydrogens is 289 g/mol. The van der Waals surface area contributed by atoms with Crippen molar-refractivity contribution in [1.29, 1.82) is 0 Å². The van der Waals surface area contributed by atoms with Gasteiger partial charge in [0.2, 0.25) is 0 Å². The van der Waals surface area contributed by atoms with Crippen molar-refractivity contribution in [1.82, 2.24) is 5.32 Å². The molecule has 0 saturated heterocycles. The minimum atomic E-state index is 0.338. The van der Waals surface area contributed by atoms with E-state index in [0.29, 0.717) is 12.0 Å². The normalized spacial score (nSPS) is 17.2. The van der Waals surface area contributed by atoms with E-state index in [4.69, 9.17) is 16.3 Å². The predicted octanol–water partition coefficient (Wildman–Crippen LogP) is 3.78. The molecule has 1 fully saturated rings. The second-order valence-corrected chi connectivity index (χ2v) is 5.40. The average molecular weight is 305 g/mol. The first-order valence-electron chi connectivity index (χ1n) is 5.37. The number of nitrogens with one attached hydrogen (secondary N) is 1. The number of halogens is 2. The molecule has 0 aliphatic heterocycles. The first-order valence-corrected chi connectivity index (χ1v) is 6.54. The van der Waals surface area contributed by atoms with Gasteiger partial charge in [0.15, 0.2) is 0 Å². The Morgan fingerprint density at radius 1 is 1.50 bits per heavy atom. The maximum Gasteiger partial charge on any atom is 0.137 e. The van der Waals surface area contributed by atoms with Gasteiger partial charge in [-0.1, -0.05) is 11.6 Å². The van der Waals surface area contributed by atoms with Crippen LogP contribution in [0.3, 0.4) is 0 Å². The van der Waals surface area contributed by atoms with Crippen LogP contribution in [0.5, 0.6) is 5.75 Å². The minimum Gasteiger partial charge on any atom is -0.495 e. The molecule has 0 spiro atoms. The number of methoxy groups -OCH3 is 1. The highest BCUT2D eigenvalue weighted by molar-refractivity contribution is 9.10. The molecule has 0 aromatic heterocycles. The largest absolute Gasteiger partial charge is 0.495 e. The lowest BCUT2D eigenvalue weighted by Gasteiger charge is -2.20. The molecule has 1 saturated carbocycles. The Balaban J connectivity index is 2.43. The molecule has 0 bridgehead atoms. The fraction of sp³-hybridized carbons (Fsp3) is 0.500. The van der Waals surface area contributed by atoms with Gasteiger partial charge in [0.05, 0.1) is 11.6 Å². The monoisotopic (exact) mass is 303 g/mol. The molecule has 2 nitrogen and oxygen atoms in total. The second-order valence-electron chi connectivity index (χ2n) is 4.11. The van der Waals surface area contributed by atoms with Crippen LogP contribution in [0.1, 0.15) is 24.4 Å². The Morgan fingerprint density at radius 3 is 2.69 bits per heavy atom. The van der Waals surface area contributed by atoms with Crippen molar-refractivity contribution in [3.63, 3.8) is 0 Å². The summed E-state index contributed by atoms with van der Waals surface area (Å²) in [7, 11) is 3.67. The SMILES string of the molecule is CNC(c1cc(Cl)cc(Br)c1OC)C1CC1. The van der Waals surface area contributed by atoms with E-state index < -0.39 is 0 Å². The lowest BCUT2D eigenvalue weighted by atomic mass is 10.0. The summed E-state index contributed by atoms with van der Waals surface area (Å²) in [6.07, 6.45) is 2.55. The van der Waals surface area contributed by atoms with Gasteiger partial charge in [-0.25, -0.2) is 0 Å². The van der Waals surface area contributed by atoms with Gasteiger partial charge in [0.1, 0.15) is 5.75 Å². The summed E-state index contributed by atoms with van der Waals surface area (Å²) in [6.45, 7) is 0. The van der Waals surface area contributed by atoms with Gasteiger partial charge < -0.3 is 10.1 Å². The first-order chi connectivity index (χ1) is 7.67. The van der Waals surface area contributed by atoms with E-state index in [1.165, 1.54) is 12.8 Å². The van der Waals surface area contributed by atoms with Crippen LogP contribution in [0, 0.1) is 5.92 Å². The van der Waals surface area contributed by atoms with Crippen molar-refractivity contribution in [2.45, 2.75) is 18.9 Å². The van der Waals surface area contributed by atoms with E-state index in [2.05, 4.69) is 21.2 Å². The first kappa shape index (κ1) is 12.2. The molecule has 1 aliphatic carbocycles. The molecule has 88 valence electrons. The van der Waals surface area contributed by atoms with Crippen LogP contribution < -0.4 is 10.1 Å².